The Hall–Kier alpha value is -2.06. The summed E-state index contributed by atoms with van der Waals surface area (Å²) in [6.07, 6.45) is 1.58. The summed E-state index contributed by atoms with van der Waals surface area (Å²) in [5.74, 6) is 5.55. The van der Waals surface area contributed by atoms with Crippen LogP contribution in [0.5, 0.6) is 0 Å². The lowest BCUT2D eigenvalue weighted by atomic mass is 10.3. The van der Waals surface area contributed by atoms with Gasteiger partial charge in [0.15, 0.2) is 11.5 Å². The molecule has 2 aromatic rings. The maximum Gasteiger partial charge on any atom is 0.277 e. The van der Waals surface area contributed by atoms with Crippen molar-refractivity contribution in [3.8, 4) is 0 Å². The van der Waals surface area contributed by atoms with E-state index in [4.69, 9.17) is 5.84 Å². The van der Waals surface area contributed by atoms with Crippen LogP contribution in [0.25, 0.3) is 0 Å². The first-order valence-corrected chi connectivity index (χ1v) is 5.72. The van der Waals surface area contributed by atoms with E-state index < -0.39 is 5.91 Å². The van der Waals surface area contributed by atoms with Gasteiger partial charge in [-0.3, -0.25) is 4.79 Å². The molecule has 2 aromatic heterocycles. The molecule has 0 aromatic carbocycles. The van der Waals surface area contributed by atoms with Gasteiger partial charge in [-0.2, -0.15) is 0 Å². The SMILES string of the molecule is NNc1ccc(C(=O)Nc2ncccc2Br)nn1. The molecule has 0 saturated heterocycles. The number of anilines is 2. The van der Waals surface area contributed by atoms with Crippen LogP contribution in [0.2, 0.25) is 0 Å². The van der Waals surface area contributed by atoms with Gasteiger partial charge in [0.05, 0.1) is 4.47 Å². The van der Waals surface area contributed by atoms with Crippen LogP contribution in [0.15, 0.2) is 34.9 Å². The van der Waals surface area contributed by atoms with Gasteiger partial charge in [0.2, 0.25) is 0 Å². The molecule has 0 saturated carbocycles. The molecule has 7 nitrogen and oxygen atoms in total. The highest BCUT2D eigenvalue weighted by Crippen LogP contribution is 2.18. The standard InChI is InChI=1S/C10H9BrN6O/c11-6-2-1-5-13-9(6)14-10(18)7-3-4-8(15-12)17-16-7/h1-5H,12H2,(H,15,17)(H,13,14,18). The third-order valence-corrected chi connectivity index (χ3v) is 2.68. The predicted molar refractivity (Wildman–Crippen MR) is 69.7 cm³/mol. The average Bonchev–Trinajstić information content (AvgIpc) is 2.41. The highest BCUT2D eigenvalue weighted by molar-refractivity contribution is 9.10. The predicted octanol–water partition coefficient (Wildman–Crippen LogP) is 1.17. The van der Waals surface area contributed by atoms with Gasteiger partial charge in [-0.1, -0.05) is 0 Å². The van der Waals surface area contributed by atoms with Crippen molar-refractivity contribution in [3.63, 3.8) is 0 Å². The lowest BCUT2D eigenvalue weighted by molar-refractivity contribution is 0.102. The Labute approximate surface area is 111 Å². The number of amides is 1. The smallest absolute Gasteiger partial charge is 0.277 e. The zero-order chi connectivity index (χ0) is 13.0. The second-order valence-corrected chi connectivity index (χ2v) is 4.09. The van der Waals surface area contributed by atoms with Crippen LogP contribution in [-0.2, 0) is 0 Å². The van der Waals surface area contributed by atoms with Crippen molar-refractivity contribution in [2.75, 3.05) is 10.7 Å². The Kier molecular flexibility index (Phi) is 3.80. The lowest BCUT2D eigenvalue weighted by Gasteiger charge is -2.05. The first kappa shape index (κ1) is 12.4. The number of carbonyl (C=O) groups is 1. The molecule has 0 spiro atoms. The third kappa shape index (κ3) is 2.79. The number of nitrogens with one attached hydrogen (secondary N) is 2. The monoisotopic (exact) mass is 308 g/mol. The first-order chi connectivity index (χ1) is 8.70. The Bertz CT molecular complexity index is 559. The number of nitrogen functional groups attached to an aromatic ring is 1. The number of nitrogens with two attached hydrogens (primary N) is 1. The molecule has 4 N–H and O–H groups in total. The van der Waals surface area contributed by atoms with Crippen LogP contribution in [-0.4, -0.2) is 21.1 Å². The van der Waals surface area contributed by atoms with E-state index in [9.17, 15) is 4.79 Å². The van der Waals surface area contributed by atoms with Gasteiger partial charge in [-0.15, -0.1) is 10.2 Å². The number of pyridine rings is 1. The van der Waals surface area contributed by atoms with Gasteiger partial charge >= 0.3 is 0 Å². The van der Waals surface area contributed by atoms with Gasteiger partial charge in [-0.05, 0) is 40.2 Å². The zero-order valence-corrected chi connectivity index (χ0v) is 10.7. The van der Waals surface area contributed by atoms with E-state index in [-0.39, 0.29) is 5.69 Å². The van der Waals surface area contributed by atoms with E-state index in [2.05, 4.69) is 41.9 Å². The molecule has 0 fully saturated rings. The maximum absolute atomic E-state index is 11.8. The molecule has 0 unspecified atom stereocenters. The van der Waals surface area contributed by atoms with E-state index in [1.807, 2.05) is 0 Å². The Morgan fingerprint density at radius 3 is 2.72 bits per heavy atom. The molecule has 0 radical (unpaired) electrons. The number of hydrogen-bond acceptors (Lipinski definition) is 6. The minimum absolute atomic E-state index is 0.173. The van der Waals surface area contributed by atoms with Gasteiger partial charge in [0.1, 0.15) is 5.82 Å². The Morgan fingerprint density at radius 2 is 2.11 bits per heavy atom. The van der Waals surface area contributed by atoms with E-state index in [1.54, 1.807) is 24.4 Å². The summed E-state index contributed by atoms with van der Waals surface area (Å²) in [7, 11) is 0. The first-order valence-electron chi connectivity index (χ1n) is 4.93. The van der Waals surface area contributed by atoms with Crippen LogP contribution in [0.4, 0.5) is 11.6 Å². The molecular weight excluding hydrogens is 300 g/mol. The number of hydrogen-bond donors (Lipinski definition) is 3. The van der Waals surface area contributed by atoms with Crippen LogP contribution in [0, 0.1) is 0 Å². The third-order valence-electron chi connectivity index (χ3n) is 2.04. The molecule has 0 aliphatic carbocycles. The zero-order valence-electron chi connectivity index (χ0n) is 9.09. The van der Waals surface area contributed by atoms with Crippen molar-refractivity contribution in [1.82, 2.24) is 15.2 Å². The summed E-state index contributed by atoms with van der Waals surface area (Å²) in [5, 5.41) is 10.0. The largest absolute Gasteiger partial charge is 0.307 e. The van der Waals surface area contributed by atoms with Gasteiger partial charge < -0.3 is 10.7 Å². The number of nitrogens with zero attached hydrogens (tertiary/aromatic N) is 3. The summed E-state index contributed by atoms with van der Waals surface area (Å²) >= 11 is 3.28. The highest BCUT2D eigenvalue weighted by atomic mass is 79.9. The summed E-state index contributed by atoms with van der Waals surface area (Å²) in [4.78, 5) is 15.9. The van der Waals surface area contributed by atoms with Crippen LogP contribution < -0.4 is 16.6 Å². The second-order valence-electron chi connectivity index (χ2n) is 3.24. The molecular formula is C10H9BrN6O. The average molecular weight is 309 g/mol. The van der Waals surface area contributed by atoms with Crippen molar-refractivity contribution in [2.45, 2.75) is 0 Å². The lowest BCUT2D eigenvalue weighted by Crippen LogP contribution is -2.16. The molecule has 18 heavy (non-hydrogen) atoms. The minimum atomic E-state index is -0.398. The van der Waals surface area contributed by atoms with Crippen molar-refractivity contribution in [2.24, 2.45) is 5.84 Å². The summed E-state index contributed by atoms with van der Waals surface area (Å²) < 4.78 is 0.687. The Balaban J connectivity index is 2.14. The number of rotatable bonds is 3. The molecule has 92 valence electrons. The van der Waals surface area contributed by atoms with Crippen molar-refractivity contribution in [3.05, 3.63) is 40.6 Å². The number of carbonyl (C=O) groups excluding carboxylic acids is 1. The van der Waals surface area contributed by atoms with Crippen molar-refractivity contribution >= 4 is 33.5 Å². The Morgan fingerprint density at radius 1 is 1.28 bits per heavy atom. The molecule has 0 aliphatic rings. The molecule has 2 heterocycles. The van der Waals surface area contributed by atoms with Gasteiger partial charge in [0, 0.05) is 6.20 Å². The van der Waals surface area contributed by atoms with Crippen LogP contribution in [0.1, 0.15) is 10.5 Å². The van der Waals surface area contributed by atoms with E-state index in [0.717, 1.165) is 0 Å². The summed E-state index contributed by atoms with van der Waals surface area (Å²) in [5.41, 5.74) is 2.50. The highest BCUT2D eigenvalue weighted by Gasteiger charge is 2.10. The molecule has 8 heteroatoms. The topological polar surface area (TPSA) is 106 Å². The maximum atomic E-state index is 11.8. The molecule has 2 rings (SSSR count). The van der Waals surface area contributed by atoms with Crippen molar-refractivity contribution in [1.29, 1.82) is 0 Å². The fourth-order valence-electron chi connectivity index (χ4n) is 1.18. The molecule has 0 bridgehead atoms. The van der Waals surface area contributed by atoms with Crippen LogP contribution >= 0.6 is 15.9 Å². The van der Waals surface area contributed by atoms with Crippen LogP contribution in [0.3, 0.4) is 0 Å². The second kappa shape index (κ2) is 5.52. The quantitative estimate of drug-likeness (QED) is 0.580. The summed E-state index contributed by atoms with van der Waals surface area (Å²) in [6, 6.07) is 6.58. The summed E-state index contributed by atoms with van der Waals surface area (Å²) in [6.45, 7) is 0. The fraction of sp³-hybridized carbons (Fsp3) is 0. The van der Waals surface area contributed by atoms with Crippen molar-refractivity contribution < 1.29 is 4.79 Å². The van der Waals surface area contributed by atoms with Gasteiger partial charge in [0.25, 0.3) is 5.91 Å². The minimum Gasteiger partial charge on any atom is -0.307 e. The van der Waals surface area contributed by atoms with Gasteiger partial charge in [-0.25, -0.2) is 10.8 Å². The van der Waals surface area contributed by atoms with E-state index >= 15 is 0 Å². The van der Waals surface area contributed by atoms with E-state index in [0.29, 0.717) is 16.1 Å². The normalized spacial score (nSPS) is 9.89. The molecule has 0 atom stereocenters. The number of aromatic nitrogens is 3. The molecule has 1 amide bonds. The number of hydrazine groups is 1. The fourth-order valence-corrected chi connectivity index (χ4v) is 1.53. The number of halogens is 1. The molecule has 0 aliphatic heterocycles. The van der Waals surface area contributed by atoms with E-state index in [1.165, 1.54) is 6.07 Å².